The van der Waals surface area contributed by atoms with Crippen molar-refractivity contribution in [2.24, 2.45) is 0 Å². The van der Waals surface area contributed by atoms with Crippen LogP contribution in [0.3, 0.4) is 0 Å². The van der Waals surface area contributed by atoms with Gasteiger partial charge in [-0.15, -0.1) is 0 Å². The van der Waals surface area contributed by atoms with E-state index >= 15 is 0 Å². The normalized spacial score (nSPS) is 18.8. The molecule has 1 amide bonds. The topological polar surface area (TPSA) is 32.3 Å². The highest BCUT2D eigenvalue weighted by Gasteiger charge is 2.34. The van der Waals surface area contributed by atoms with E-state index in [0.717, 1.165) is 0 Å². The zero-order chi connectivity index (χ0) is 14.8. The summed E-state index contributed by atoms with van der Waals surface area (Å²) in [5, 5.41) is 2.57. The van der Waals surface area contributed by atoms with Gasteiger partial charge in [-0.05, 0) is 24.6 Å². The van der Waals surface area contributed by atoms with Crippen LogP contribution in [-0.4, -0.2) is 36.4 Å². The van der Waals surface area contributed by atoms with E-state index in [-0.39, 0.29) is 44.2 Å². The number of piperidine rings is 1. The lowest BCUT2D eigenvalue weighted by Crippen LogP contribution is -2.42. The number of likely N-dealkylation sites (tertiary alicyclic amines) is 1. The number of halogens is 3. The summed E-state index contributed by atoms with van der Waals surface area (Å²) in [4.78, 5) is 13.5. The predicted octanol–water partition coefficient (Wildman–Crippen LogP) is 2.80. The number of nitrogens with zero attached hydrogens (tertiary/aromatic N) is 1. The summed E-state index contributed by atoms with van der Waals surface area (Å²) >= 11 is 0. The number of amides is 1. The van der Waals surface area contributed by atoms with Crippen molar-refractivity contribution in [1.82, 2.24) is 4.90 Å². The van der Waals surface area contributed by atoms with E-state index in [1.54, 1.807) is 24.0 Å². The number of nitrogens with one attached hydrogen (secondary N) is 1. The summed E-state index contributed by atoms with van der Waals surface area (Å²) in [6, 6.07) is 4.44. The summed E-state index contributed by atoms with van der Waals surface area (Å²) in [5.41, 5.74) is 0.877. The quantitative estimate of drug-likeness (QED) is 0.926. The van der Waals surface area contributed by atoms with Crippen molar-refractivity contribution in [3.63, 3.8) is 0 Å². The zero-order valence-corrected chi connectivity index (χ0v) is 11.3. The van der Waals surface area contributed by atoms with E-state index in [9.17, 15) is 18.0 Å². The van der Waals surface area contributed by atoms with Gasteiger partial charge in [-0.1, -0.05) is 6.07 Å². The first-order valence-corrected chi connectivity index (χ1v) is 6.52. The Balaban J connectivity index is 1.85. The molecule has 2 rings (SSSR count). The molecular weight excluding hydrogens is 269 g/mol. The van der Waals surface area contributed by atoms with Crippen molar-refractivity contribution in [2.45, 2.75) is 25.7 Å². The van der Waals surface area contributed by atoms with Gasteiger partial charge in [0.2, 0.25) is 5.91 Å². The van der Waals surface area contributed by atoms with E-state index in [2.05, 4.69) is 5.32 Å². The molecule has 20 heavy (non-hydrogen) atoms. The van der Waals surface area contributed by atoms with Crippen LogP contribution in [0.1, 0.15) is 18.4 Å². The summed E-state index contributed by atoms with van der Waals surface area (Å²) in [5.74, 6) is -3.33. The molecule has 0 radical (unpaired) electrons. The smallest absolute Gasteiger partial charge is 0.250 e. The van der Waals surface area contributed by atoms with Crippen LogP contribution < -0.4 is 5.32 Å². The lowest BCUT2D eigenvalue weighted by molar-refractivity contribution is -0.119. The first kappa shape index (κ1) is 14.8. The van der Waals surface area contributed by atoms with E-state index in [1.165, 1.54) is 6.07 Å². The molecule has 1 aliphatic heterocycles. The third-order valence-electron chi connectivity index (χ3n) is 3.41. The highest BCUT2D eigenvalue weighted by molar-refractivity contribution is 5.92. The maximum Gasteiger partial charge on any atom is 0.250 e. The lowest BCUT2D eigenvalue weighted by Gasteiger charge is -2.31. The number of hydrogen-bond donors (Lipinski definition) is 1. The standard InChI is InChI=1S/C14H17F3N2O/c1-10-2-3-11(8-12(10)15)18-13(20)9-19-6-4-14(16,17)5-7-19/h2-3,8H,4-7,9H2,1H3,(H,18,20). The van der Waals surface area contributed by atoms with Gasteiger partial charge in [0.15, 0.2) is 0 Å². The van der Waals surface area contributed by atoms with Gasteiger partial charge in [0.05, 0.1) is 6.54 Å². The average molecular weight is 286 g/mol. The Hall–Kier alpha value is -1.56. The second kappa shape index (κ2) is 5.83. The van der Waals surface area contributed by atoms with E-state index < -0.39 is 5.92 Å². The predicted molar refractivity (Wildman–Crippen MR) is 70.4 cm³/mol. The van der Waals surface area contributed by atoms with Crippen LogP contribution in [0, 0.1) is 12.7 Å². The molecule has 0 spiro atoms. The third-order valence-corrected chi connectivity index (χ3v) is 3.41. The number of hydrogen-bond acceptors (Lipinski definition) is 2. The molecule has 0 aromatic heterocycles. The summed E-state index contributed by atoms with van der Waals surface area (Å²) < 4.78 is 39.3. The Labute approximate surface area is 115 Å². The minimum Gasteiger partial charge on any atom is -0.325 e. The molecule has 1 aromatic rings. The van der Waals surface area contributed by atoms with E-state index in [1.807, 2.05) is 0 Å². The fourth-order valence-electron chi connectivity index (χ4n) is 2.11. The van der Waals surface area contributed by atoms with Gasteiger partial charge in [0.25, 0.3) is 5.92 Å². The largest absolute Gasteiger partial charge is 0.325 e. The van der Waals surface area contributed by atoms with E-state index in [0.29, 0.717) is 11.3 Å². The van der Waals surface area contributed by atoms with Crippen molar-refractivity contribution in [3.8, 4) is 0 Å². The molecule has 1 N–H and O–H groups in total. The Morgan fingerprint density at radius 3 is 2.60 bits per heavy atom. The van der Waals surface area contributed by atoms with Crippen LogP contribution in [0.25, 0.3) is 0 Å². The highest BCUT2D eigenvalue weighted by atomic mass is 19.3. The van der Waals surface area contributed by atoms with Crippen LogP contribution in [0.5, 0.6) is 0 Å². The number of anilines is 1. The Morgan fingerprint density at radius 2 is 2.00 bits per heavy atom. The number of carbonyl (C=O) groups is 1. The number of rotatable bonds is 3. The van der Waals surface area contributed by atoms with Crippen LogP contribution >= 0.6 is 0 Å². The SMILES string of the molecule is Cc1ccc(NC(=O)CN2CCC(F)(F)CC2)cc1F. The van der Waals surface area contributed by atoms with Gasteiger partial charge in [-0.25, -0.2) is 13.2 Å². The van der Waals surface area contributed by atoms with Crippen LogP contribution in [-0.2, 0) is 4.79 Å². The maximum absolute atomic E-state index is 13.3. The summed E-state index contributed by atoms with van der Waals surface area (Å²) in [6.07, 6.45) is -0.446. The molecule has 0 bridgehead atoms. The number of benzene rings is 1. The van der Waals surface area contributed by atoms with Crippen molar-refractivity contribution in [2.75, 3.05) is 25.0 Å². The molecule has 3 nitrogen and oxygen atoms in total. The summed E-state index contributed by atoms with van der Waals surface area (Å²) in [6.45, 7) is 2.08. The van der Waals surface area contributed by atoms with Gasteiger partial charge in [0.1, 0.15) is 5.82 Å². The molecule has 110 valence electrons. The molecule has 1 aromatic carbocycles. The number of aryl methyl sites for hydroxylation is 1. The average Bonchev–Trinajstić information content (AvgIpc) is 2.36. The van der Waals surface area contributed by atoms with Crippen LogP contribution in [0.15, 0.2) is 18.2 Å². The number of alkyl halides is 2. The first-order valence-electron chi connectivity index (χ1n) is 6.52. The second-order valence-electron chi connectivity index (χ2n) is 5.14. The molecule has 0 aliphatic carbocycles. The molecule has 1 fully saturated rings. The van der Waals surface area contributed by atoms with Crippen molar-refractivity contribution < 1.29 is 18.0 Å². The molecule has 0 saturated carbocycles. The lowest BCUT2D eigenvalue weighted by atomic mass is 10.1. The minimum atomic E-state index is -2.62. The van der Waals surface area contributed by atoms with Gasteiger partial charge in [-0.2, -0.15) is 0 Å². The molecule has 0 unspecified atom stereocenters. The Morgan fingerprint density at radius 1 is 1.35 bits per heavy atom. The monoisotopic (exact) mass is 286 g/mol. The fourth-order valence-corrected chi connectivity index (χ4v) is 2.11. The molecule has 1 aliphatic rings. The third kappa shape index (κ3) is 3.96. The Bertz CT molecular complexity index is 495. The maximum atomic E-state index is 13.3. The summed E-state index contributed by atoms with van der Waals surface area (Å²) in [7, 11) is 0. The molecular formula is C14H17F3N2O. The molecule has 1 saturated heterocycles. The van der Waals surface area contributed by atoms with Crippen molar-refractivity contribution >= 4 is 11.6 Å². The van der Waals surface area contributed by atoms with Crippen molar-refractivity contribution in [3.05, 3.63) is 29.6 Å². The Kier molecular flexibility index (Phi) is 4.32. The van der Waals surface area contributed by atoms with Crippen molar-refractivity contribution in [1.29, 1.82) is 0 Å². The van der Waals surface area contributed by atoms with Gasteiger partial charge in [-0.3, -0.25) is 9.69 Å². The highest BCUT2D eigenvalue weighted by Crippen LogP contribution is 2.27. The van der Waals surface area contributed by atoms with Crippen LogP contribution in [0.2, 0.25) is 0 Å². The van der Waals surface area contributed by atoms with Gasteiger partial charge >= 0.3 is 0 Å². The van der Waals surface area contributed by atoms with Crippen LogP contribution in [0.4, 0.5) is 18.9 Å². The van der Waals surface area contributed by atoms with Gasteiger partial charge in [0, 0.05) is 31.6 Å². The van der Waals surface area contributed by atoms with Gasteiger partial charge < -0.3 is 5.32 Å². The first-order chi connectivity index (χ1) is 9.35. The minimum absolute atomic E-state index is 0.0472. The fraction of sp³-hybridized carbons (Fsp3) is 0.500. The molecule has 1 heterocycles. The zero-order valence-electron chi connectivity index (χ0n) is 11.3. The molecule has 0 atom stereocenters. The van der Waals surface area contributed by atoms with E-state index in [4.69, 9.17) is 0 Å². The molecule has 6 heteroatoms. The number of carbonyl (C=O) groups excluding carboxylic acids is 1. The second-order valence-corrected chi connectivity index (χ2v) is 5.14.